The molecule has 0 aromatic heterocycles. The minimum atomic E-state index is -3.81. The van der Waals surface area contributed by atoms with Crippen LogP contribution in [0.4, 0.5) is 10.1 Å². The quantitative estimate of drug-likeness (QED) is 0.790. The third kappa shape index (κ3) is 4.53. The smallest absolute Gasteiger partial charge is 0.243 e. The molecule has 2 unspecified atom stereocenters. The van der Waals surface area contributed by atoms with Gasteiger partial charge in [0.1, 0.15) is 24.6 Å². The predicted octanol–water partition coefficient (Wildman–Crippen LogP) is 1.94. The highest BCUT2D eigenvalue weighted by Gasteiger charge is 2.30. The molecule has 2 aromatic rings. The van der Waals surface area contributed by atoms with Gasteiger partial charge >= 0.3 is 0 Å². The fraction of sp³-hybridized carbons (Fsp3) is 0.316. The van der Waals surface area contributed by atoms with Crippen molar-refractivity contribution in [1.82, 2.24) is 5.32 Å². The molecule has 1 heterocycles. The van der Waals surface area contributed by atoms with Gasteiger partial charge in [-0.25, -0.2) is 12.8 Å². The Morgan fingerprint density at radius 3 is 2.64 bits per heavy atom. The van der Waals surface area contributed by atoms with Crippen molar-refractivity contribution in [2.75, 3.05) is 23.7 Å². The van der Waals surface area contributed by atoms with Crippen molar-refractivity contribution in [3.05, 3.63) is 54.3 Å². The zero-order valence-corrected chi connectivity index (χ0v) is 16.3. The van der Waals surface area contributed by atoms with Crippen LogP contribution in [0.25, 0.3) is 0 Å². The third-order valence-electron chi connectivity index (χ3n) is 4.22. The number of hydrogen-bond donors (Lipinski definition) is 1. The van der Waals surface area contributed by atoms with Crippen LogP contribution in [0.2, 0.25) is 0 Å². The van der Waals surface area contributed by atoms with E-state index in [9.17, 15) is 17.6 Å². The molecule has 0 fully saturated rings. The maximum Gasteiger partial charge on any atom is 0.243 e. The first-order valence-electron chi connectivity index (χ1n) is 8.67. The average molecular weight is 408 g/mol. The molecule has 7 nitrogen and oxygen atoms in total. The summed E-state index contributed by atoms with van der Waals surface area (Å²) in [4.78, 5) is 12.6. The van der Waals surface area contributed by atoms with Crippen molar-refractivity contribution in [2.45, 2.75) is 19.1 Å². The largest absolute Gasteiger partial charge is 0.486 e. The van der Waals surface area contributed by atoms with Crippen molar-refractivity contribution in [2.24, 2.45) is 0 Å². The van der Waals surface area contributed by atoms with E-state index < -0.39 is 33.9 Å². The number of fused-ring (bicyclic) bond motifs is 1. The molecule has 1 aliphatic heterocycles. The van der Waals surface area contributed by atoms with Crippen LogP contribution < -0.4 is 19.1 Å². The maximum atomic E-state index is 13.5. The summed E-state index contributed by atoms with van der Waals surface area (Å²) in [5, 5.41) is 2.68. The van der Waals surface area contributed by atoms with Gasteiger partial charge in [-0.1, -0.05) is 18.2 Å². The van der Waals surface area contributed by atoms with Gasteiger partial charge in [-0.15, -0.1) is 0 Å². The molecule has 0 radical (unpaired) electrons. The molecule has 0 saturated carbocycles. The van der Waals surface area contributed by atoms with Gasteiger partial charge in [0.25, 0.3) is 0 Å². The Labute approximate surface area is 163 Å². The van der Waals surface area contributed by atoms with E-state index in [1.54, 1.807) is 12.1 Å². The van der Waals surface area contributed by atoms with Crippen molar-refractivity contribution in [3.63, 3.8) is 0 Å². The second kappa shape index (κ2) is 8.05. The number of carbonyl (C=O) groups excluding carboxylic acids is 1. The van der Waals surface area contributed by atoms with Crippen LogP contribution in [0.5, 0.6) is 11.5 Å². The molecule has 150 valence electrons. The van der Waals surface area contributed by atoms with E-state index in [1.165, 1.54) is 25.1 Å². The Morgan fingerprint density at radius 1 is 1.25 bits per heavy atom. The summed E-state index contributed by atoms with van der Waals surface area (Å²) in [5.41, 5.74) is 0.0799. The lowest BCUT2D eigenvalue weighted by Gasteiger charge is -2.30. The molecule has 1 aliphatic rings. The summed E-state index contributed by atoms with van der Waals surface area (Å²) in [6.07, 6.45) is 0.559. The molecule has 0 spiro atoms. The van der Waals surface area contributed by atoms with E-state index in [1.807, 2.05) is 12.1 Å². The Bertz CT molecular complexity index is 966. The van der Waals surface area contributed by atoms with Crippen LogP contribution in [0.3, 0.4) is 0 Å². The number of nitrogens with zero attached hydrogens (tertiary/aromatic N) is 1. The molecule has 2 aromatic carbocycles. The summed E-state index contributed by atoms with van der Waals surface area (Å²) in [6.45, 7) is 1.83. The van der Waals surface area contributed by atoms with Gasteiger partial charge in [0.05, 0.1) is 18.5 Å². The number of hydrogen-bond acceptors (Lipinski definition) is 5. The summed E-state index contributed by atoms with van der Waals surface area (Å²) in [6, 6.07) is 11.2. The first kappa shape index (κ1) is 19.9. The molecular weight excluding hydrogens is 387 g/mol. The number of para-hydroxylation sites is 2. The number of anilines is 1. The van der Waals surface area contributed by atoms with Gasteiger partial charge in [-0.2, -0.15) is 0 Å². The molecule has 0 aliphatic carbocycles. The zero-order valence-electron chi connectivity index (χ0n) is 15.5. The minimum Gasteiger partial charge on any atom is -0.486 e. The lowest BCUT2D eigenvalue weighted by atomic mass is 10.2. The van der Waals surface area contributed by atoms with Crippen molar-refractivity contribution < 1.29 is 27.1 Å². The molecule has 9 heteroatoms. The summed E-state index contributed by atoms with van der Waals surface area (Å²) >= 11 is 0. The molecule has 0 saturated heterocycles. The maximum absolute atomic E-state index is 13.5. The number of amides is 1. The molecule has 2 atom stereocenters. The van der Waals surface area contributed by atoms with E-state index >= 15 is 0 Å². The summed E-state index contributed by atoms with van der Waals surface area (Å²) in [7, 11) is -3.81. The number of benzene rings is 2. The van der Waals surface area contributed by atoms with Crippen LogP contribution in [0.15, 0.2) is 48.5 Å². The Balaban J connectivity index is 1.67. The fourth-order valence-corrected chi connectivity index (χ4v) is 4.11. The van der Waals surface area contributed by atoms with Gasteiger partial charge in [0.2, 0.25) is 15.9 Å². The van der Waals surface area contributed by atoms with Crippen LogP contribution >= 0.6 is 0 Å². The second-order valence-electron chi connectivity index (χ2n) is 6.46. The van der Waals surface area contributed by atoms with Crippen LogP contribution in [-0.2, 0) is 14.8 Å². The van der Waals surface area contributed by atoms with E-state index in [0.29, 0.717) is 11.5 Å². The lowest BCUT2D eigenvalue weighted by Crippen LogP contribution is -2.50. The van der Waals surface area contributed by atoms with Gasteiger partial charge in [-0.05, 0) is 37.3 Å². The molecular formula is C19H21FN2O5S. The number of nitrogens with one attached hydrogen (secondary N) is 1. The monoisotopic (exact) mass is 408 g/mol. The number of rotatable bonds is 6. The van der Waals surface area contributed by atoms with E-state index in [4.69, 9.17) is 9.47 Å². The number of sulfonamides is 1. The van der Waals surface area contributed by atoms with Crippen LogP contribution in [0, 0.1) is 5.82 Å². The molecule has 1 amide bonds. The molecule has 1 N–H and O–H groups in total. The summed E-state index contributed by atoms with van der Waals surface area (Å²) < 4.78 is 50.2. The van der Waals surface area contributed by atoms with E-state index in [-0.39, 0.29) is 18.8 Å². The first-order chi connectivity index (χ1) is 13.3. The second-order valence-corrected chi connectivity index (χ2v) is 8.32. The highest BCUT2D eigenvalue weighted by Crippen LogP contribution is 2.30. The van der Waals surface area contributed by atoms with Gasteiger partial charge < -0.3 is 14.8 Å². The Morgan fingerprint density at radius 2 is 1.96 bits per heavy atom. The van der Waals surface area contributed by atoms with Crippen molar-refractivity contribution in [3.8, 4) is 11.5 Å². The predicted molar refractivity (Wildman–Crippen MR) is 103 cm³/mol. The van der Waals surface area contributed by atoms with Gasteiger partial charge in [0, 0.05) is 0 Å². The number of ether oxygens (including phenoxy) is 2. The van der Waals surface area contributed by atoms with Gasteiger partial charge in [0.15, 0.2) is 11.5 Å². The highest BCUT2D eigenvalue weighted by atomic mass is 32.2. The standard InChI is InChI=1S/C19H21FN2O5S/c1-13(22(28(2,24)25)15-7-5-6-14(20)10-15)19(23)21-11-16-12-26-17-8-3-4-9-18(17)27-16/h3-10,13,16H,11-12H2,1-2H3,(H,21,23). The zero-order chi connectivity index (χ0) is 20.3. The highest BCUT2D eigenvalue weighted by molar-refractivity contribution is 7.92. The van der Waals surface area contributed by atoms with Crippen LogP contribution in [-0.4, -0.2) is 45.9 Å². The lowest BCUT2D eigenvalue weighted by molar-refractivity contribution is -0.122. The Kier molecular flexibility index (Phi) is 5.73. The van der Waals surface area contributed by atoms with E-state index in [0.717, 1.165) is 16.6 Å². The number of carbonyl (C=O) groups is 1. The molecule has 28 heavy (non-hydrogen) atoms. The minimum absolute atomic E-state index is 0.0799. The Hall–Kier alpha value is -2.81. The van der Waals surface area contributed by atoms with Crippen molar-refractivity contribution in [1.29, 1.82) is 0 Å². The first-order valence-corrected chi connectivity index (χ1v) is 10.5. The molecule has 0 bridgehead atoms. The summed E-state index contributed by atoms with van der Waals surface area (Å²) in [5.74, 6) is 0.0914. The van der Waals surface area contributed by atoms with E-state index in [2.05, 4.69) is 5.32 Å². The third-order valence-corrected chi connectivity index (χ3v) is 5.46. The average Bonchev–Trinajstić information content (AvgIpc) is 2.65. The van der Waals surface area contributed by atoms with Crippen molar-refractivity contribution >= 4 is 21.6 Å². The van der Waals surface area contributed by atoms with Gasteiger partial charge in [-0.3, -0.25) is 9.10 Å². The number of halogens is 1. The normalized spacial score (nSPS) is 16.9. The molecule has 3 rings (SSSR count). The van der Waals surface area contributed by atoms with Crippen LogP contribution in [0.1, 0.15) is 6.92 Å². The topological polar surface area (TPSA) is 84.9 Å². The fourth-order valence-electron chi connectivity index (χ4n) is 2.95. The SMILES string of the molecule is CC(C(=O)NCC1COc2ccccc2O1)N(c1cccc(F)c1)S(C)(=O)=O.